The fourth-order valence-electron chi connectivity index (χ4n) is 2.62. The average molecular weight is 286 g/mol. The van der Waals surface area contributed by atoms with Crippen LogP contribution in [0.4, 0.5) is 5.82 Å². The van der Waals surface area contributed by atoms with E-state index in [2.05, 4.69) is 20.2 Å². The molecule has 3 heterocycles. The molecule has 0 saturated carbocycles. The Morgan fingerprint density at radius 2 is 2.10 bits per heavy atom. The number of anilines is 1. The summed E-state index contributed by atoms with van der Waals surface area (Å²) in [5.41, 5.74) is 6.03. The van der Waals surface area contributed by atoms with Crippen LogP contribution in [-0.4, -0.2) is 44.1 Å². The Morgan fingerprint density at radius 3 is 2.71 bits per heavy atom. The zero-order valence-corrected chi connectivity index (χ0v) is 11.9. The Balaban J connectivity index is 1.64. The van der Waals surface area contributed by atoms with Gasteiger partial charge in [-0.25, -0.2) is 9.97 Å². The normalized spacial score (nSPS) is 16.1. The number of piperidine rings is 1. The lowest BCUT2D eigenvalue weighted by Crippen LogP contribution is -2.38. The number of aryl methyl sites for hydroxylation is 1. The number of nitrogens with two attached hydrogens (primary N) is 1. The molecule has 3 N–H and O–H groups in total. The van der Waals surface area contributed by atoms with Crippen LogP contribution in [0, 0.1) is 6.92 Å². The number of nitrogens with zero attached hydrogens (tertiary/aromatic N) is 4. The summed E-state index contributed by atoms with van der Waals surface area (Å²) in [7, 11) is 0. The molecule has 1 fully saturated rings. The predicted molar refractivity (Wildman–Crippen MR) is 77.6 cm³/mol. The maximum Gasteiger partial charge on any atom is 0.272 e. The van der Waals surface area contributed by atoms with Gasteiger partial charge in [0.25, 0.3) is 5.91 Å². The number of hydrogen-bond acceptors (Lipinski definition) is 5. The fraction of sp³-hybridized carbons (Fsp3) is 0.429. The second kappa shape index (κ2) is 5.51. The van der Waals surface area contributed by atoms with Gasteiger partial charge in [0.15, 0.2) is 5.82 Å². The summed E-state index contributed by atoms with van der Waals surface area (Å²) >= 11 is 0. The van der Waals surface area contributed by atoms with E-state index in [-0.39, 0.29) is 5.91 Å². The largest absolute Gasteiger partial charge is 0.384 e. The van der Waals surface area contributed by atoms with Gasteiger partial charge in [0.05, 0.1) is 0 Å². The summed E-state index contributed by atoms with van der Waals surface area (Å²) in [6.07, 6.45) is 1.73. The Bertz CT molecular complexity index is 644. The molecule has 110 valence electrons. The second-order valence-corrected chi connectivity index (χ2v) is 5.29. The number of carbonyl (C=O) groups is 1. The fourth-order valence-corrected chi connectivity index (χ4v) is 2.62. The Labute approximate surface area is 122 Å². The van der Waals surface area contributed by atoms with E-state index in [4.69, 9.17) is 5.73 Å². The van der Waals surface area contributed by atoms with E-state index in [1.807, 2.05) is 11.8 Å². The zero-order chi connectivity index (χ0) is 14.8. The van der Waals surface area contributed by atoms with Crippen LogP contribution in [0.1, 0.15) is 40.9 Å². The number of carbonyl (C=O) groups excluding carboxylic acids is 1. The minimum absolute atomic E-state index is 0.0630. The first-order chi connectivity index (χ1) is 10.1. The minimum atomic E-state index is -0.0630. The van der Waals surface area contributed by atoms with E-state index in [1.54, 1.807) is 18.2 Å². The molecule has 1 amide bonds. The van der Waals surface area contributed by atoms with Gasteiger partial charge in [-0.1, -0.05) is 6.07 Å². The Kier molecular flexibility index (Phi) is 3.55. The average Bonchev–Trinajstić information content (AvgIpc) is 2.93. The molecule has 2 aromatic rings. The van der Waals surface area contributed by atoms with E-state index in [9.17, 15) is 4.79 Å². The molecule has 0 aromatic carbocycles. The number of nitrogen functional groups attached to an aromatic ring is 1. The molecule has 21 heavy (non-hydrogen) atoms. The highest BCUT2D eigenvalue weighted by Gasteiger charge is 2.27. The molecule has 0 spiro atoms. The quantitative estimate of drug-likeness (QED) is 0.861. The van der Waals surface area contributed by atoms with Crippen molar-refractivity contribution in [3.05, 3.63) is 35.5 Å². The monoisotopic (exact) mass is 286 g/mol. The number of amides is 1. The standard InChI is InChI=1S/C14H18N6O/c1-9-16-13(19-18-9)10-5-7-20(8-6-10)14(21)11-3-2-4-12(15)17-11/h2-4,10H,5-8H2,1H3,(H2,15,17)(H,16,18,19). The van der Waals surface area contributed by atoms with E-state index >= 15 is 0 Å². The van der Waals surface area contributed by atoms with Crippen LogP contribution in [0.3, 0.4) is 0 Å². The smallest absolute Gasteiger partial charge is 0.272 e. The summed E-state index contributed by atoms with van der Waals surface area (Å²) in [5, 5.41) is 7.08. The van der Waals surface area contributed by atoms with E-state index < -0.39 is 0 Å². The molecule has 0 bridgehead atoms. The molecule has 1 aliphatic rings. The first-order valence-corrected chi connectivity index (χ1v) is 7.04. The topological polar surface area (TPSA) is 101 Å². The van der Waals surface area contributed by atoms with Crippen molar-refractivity contribution in [3.63, 3.8) is 0 Å². The van der Waals surface area contributed by atoms with Crippen LogP contribution in [0.2, 0.25) is 0 Å². The lowest BCUT2D eigenvalue weighted by Gasteiger charge is -2.30. The zero-order valence-electron chi connectivity index (χ0n) is 11.9. The number of hydrogen-bond donors (Lipinski definition) is 2. The minimum Gasteiger partial charge on any atom is -0.384 e. The van der Waals surface area contributed by atoms with E-state index in [0.717, 1.165) is 24.5 Å². The molecule has 1 aliphatic heterocycles. The van der Waals surface area contributed by atoms with Crippen molar-refractivity contribution in [2.45, 2.75) is 25.7 Å². The van der Waals surface area contributed by atoms with Gasteiger partial charge in [-0.05, 0) is 31.9 Å². The SMILES string of the molecule is Cc1nc(C2CCN(C(=O)c3cccc(N)n3)CC2)n[nH]1. The second-order valence-electron chi connectivity index (χ2n) is 5.29. The first-order valence-electron chi connectivity index (χ1n) is 7.04. The first kappa shape index (κ1) is 13.5. The Hall–Kier alpha value is -2.44. The van der Waals surface area contributed by atoms with Gasteiger partial charge in [-0.15, -0.1) is 0 Å². The van der Waals surface area contributed by atoms with Gasteiger partial charge in [-0.2, -0.15) is 5.10 Å². The van der Waals surface area contributed by atoms with Gasteiger partial charge in [0.1, 0.15) is 17.3 Å². The van der Waals surface area contributed by atoms with Crippen molar-refractivity contribution in [2.75, 3.05) is 18.8 Å². The predicted octanol–water partition coefficient (Wildman–Crippen LogP) is 1.11. The molecule has 3 rings (SSSR count). The number of rotatable bonds is 2. The van der Waals surface area contributed by atoms with Crippen LogP contribution in [-0.2, 0) is 0 Å². The van der Waals surface area contributed by atoms with Crippen LogP contribution in [0.5, 0.6) is 0 Å². The number of aromatic nitrogens is 4. The molecular formula is C14H18N6O. The van der Waals surface area contributed by atoms with Crippen LogP contribution in [0.25, 0.3) is 0 Å². The molecule has 0 atom stereocenters. The highest BCUT2D eigenvalue weighted by molar-refractivity contribution is 5.92. The van der Waals surface area contributed by atoms with Crippen molar-refractivity contribution in [1.29, 1.82) is 0 Å². The van der Waals surface area contributed by atoms with Gasteiger partial charge >= 0.3 is 0 Å². The summed E-state index contributed by atoms with van der Waals surface area (Å²) in [5.74, 6) is 2.29. The third-order valence-corrected chi connectivity index (χ3v) is 3.75. The maximum atomic E-state index is 12.4. The molecule has 7 nitrogen and oxygen atoms in total. The molecule has 2 aromatic heterocycles. The highest BCUT2D eigenvalue weighted by Crippen LogP contribution is 2.26. The van der Waals surface area contributed by atoms with Gasteiger partial charge in [0, 0.05) is 19.0 Å². The summed E-state index contributed by atoms with van der Waals surface area (Å²) in [6.45, 7) is 3.27. The lowest BCUT2D eigenvalue weighted by atomic mass is 9.96. The number of aromatic amines is 1. The van der Waals surface area contributed by atoms with Crippen LogP contribution < -0.4 is 5.73 Å². The van der Waals surface area contributed by atoms with Crippen molar-refractivity contribution in [2.24, 2.45) is 0 Å². The Morgan fingerprint density at radius 1 is 1.33 bits per heavy atom. The number of likely N-dealkylation sites (tertiary alicyclic amines) is 1. The third-order valence-electron chi connectivity index (χ3n) is 3.75. The molecule has 7 heteroatoms. The highest BCUT2D eigenvalue weighted by atomic mass is 16.2. The van der Waals surface area contributed by atoms with Crippen molar-refractivity contribution < 1.29 is 4.79 Å². The van der Waals surface area contributed by atoms with E-state index in [0.29, 0.717) is 30.5 Å². The van der Waals surface area contributed by atoms with Crippen molar-refractivity contribution >= 4 is 11.7 Å². The molecule has 0 unspecified atom stereocenters. The van der Waals surface area contributed by atoms with Gasteiger partial charge in [0.2, 0.25) is 0 Å². The third kappa shape index (κ3) is 2.86. The summed E-state index contributed by atoms with van der Waals surface area (Å²) in [6, 6.07) is 5.12. The van der Waals surface area contributed by atoms with Crippen molar-refractivity contribution in [1.82, 2.24) is 25.1 Å². The molecule has 1 saturated heterocycles. The molecule has 0 aliphatic carbocycles. The van der Waals surface area contributed by atoms with Crippen LogP contribution in [0.15, 0.2) is 18.2 Å². The number of nitrogens with one attached hydrogen (secondary N) is 1. The molecule has 0 radical (unpaired) electrons. The van der Waals surface area contributed by atoms with Gasteiger partial charge in [-0.3, -0.25) is 9.89 Å². The summed E-state index contributed by atoms with van der Waals surface area (Å²) in [4.78, 5) is 22.6. The van der Waals surface area contributed by atoms with Crippen LogP contribution >= 0.6 is 0 Å². The van der Waals surface area contributed by atoms with Crippen molar-refractivity contribution in [3.8, 4) is 0 Å². The molecular weight excluding hydrogens is 268 g/mol. The summed E-state index contributed by atoms with van der Waals surface area (Å²) < 4.78 is 0. The van der Waals surface area contributed by atoms with E-state index in [1.165, 1.54) is 0 Å². The van der Waals surface area contributed by atoms with Gasteiger partial charge < -0.3 is 10.6 Å². The maximum absolute atomic E-state index is 12.4. The number of H-pyrrole nitrogens is 1. The lowest BCUT2D eigenvalue weighted by molar-refractivity contribution is 0.0705. The number of pyridine rings is 1.